The summed E-state index contributed by atoms with van der Waals surface area (Å²) in [5.74, 6) is -0.285. The smallest absolute Gasteiger partial charge is 0.261 e. The molecule has 0 aromatic carbocycles. The molecule has 1 amide bonds. The van der Waals surface area contributed by atoms with Crippen molar-refractivity contribution >= 4 is 5.91 Å². The third kappa shape index (κ3) is 7.05. The minimum atomic E-state index is -0.285. The van der Waals surface area contributed by atoms with Gasteiger partial charge in [-0.1, -0.05) is 47.6 Å². The molecule has 0 heterocycles. The van der Waals surface area contributed by atoms with Gasteiger partial charge >= 0.3 is 0 Å². The highest BCUT2D eigenvalue weighted by molar-refractivity contribution is 5.97. The topological polar surface area (TPSA) is 52.9 Å². The Morgan fingerprint density at radius 3 is 2.06 bits per heavy atom. The van der Waals surface area contributed by atoms with Gasteiger partial charge in [-0.25, -0.2) is 0 Å². The molecule has 0 radical (unpaired) electrons. The van der Waals surface area contributed by atoms with Gasteiger partial charge < -0.3 is 5.32 Å². The molecule has 0 fully saturated rings. The molecule has 0 aromatic rings. The number of hydrogen-bond acceptors (Lipinski definition) is 2. The maximum absolute atomic E-state index is 11.7. The first-order valence-electron chi connectivity index (χ1n) is 5.46. The number of rotatable bonds is 2. The van der Waals surface area contributed by atoms with Crippen LogP contribution in [0, 0.1) is 22.2 Å². The number of hydrogen-bond donors (Lipinski definition) is 1. The predicted molar refractivity (Wildman–Crippen MR) is 65.6 cm³/mol. The molecule has 0 aliphatic rings. The van der Waals surface area contributed by atoms with E-state index in [1.165, 1.54) is 0 Å². The van der Waals surface area contributed by atoms with Crippen LogP contribution in [0.5, 0.6) is 0 Å². The van der Waals surface area contributed by atoms with E-state index in [4.69, 9.17) is 5.26 Å². The van der Waals surface area contributed by atoms with E-state index in [0.717, 1.165) is 0 Å². The second-order valence-electron chi connectivity index (χ2n) is 6.28. The van der Waals surface area contributed by atoms with Crippen molar-refractivity contribution in [1.29, 1.82) is 5.26 Å². The fourth-order valence-electron chi connectivity index (χ4n) is 1.02. The molecule has 0 aliphatic carbocycles. The van der Waals surface area contributed by atoms with E-state index in [9.17, 15) is 4.79 Å². The number of allylic oxidation sites excluding steroid dienone is 1. The molecular formula is C13H22N2O. The normalized spacial score (nSPS) is 13.2. The van der Waals surface area contributed by atoms with Crippen LogP contribution in [0.15, 0.2) is 11.6 Å². The summed E-state index contributed by atoms with van der Waals surface area (Å²) in [5, 5.41) is 11.7. The van der Waals surface area contributed by atoms with Crippen molar-refractivity contribution in [3.05, 3.63) is 11.6 Å². The van der Waals surface area contributed by atoms with E-state index < -0.39 is 0 Å². The number of carbonyl (C=O) groups excluding carboxylic acids is 1. The molecule has 0 aliphatic heterocycles. The highest BCUT2D eigenvalue weighted by Gasteiger charge is 2.17. The van der Waals surface area contributed by atoms with Crippen LogP contribution in [0.2, 0.25) is 0 Å². The van der Waals surface area contributed by atoms with Gasteiger partial charge in [0.2, 0.25) is 0 Å². The quantitative estimate of drug-likeness (QED) is 0.577. The minimum absolute atomic E-state index is 0.0258. The lowest BCUT2D eigenvalue weighted by Crippen LogP contribution is -2.33. The van der Waals surface area contributed by atoms with Crippen molar-refractivity contribution in [1.82, 2.24) is 5.32 Å². The largest absolute Gasteiger partial charge is 0.351 e. The summed E-state index contributed by atoms with van der Waals surface area (Å²) >= 11 is 0. The number of carbonyl (C=O) groups is 1. The van der Waals surface area contributed by atoms with Crippen LogP contribution in [0.25, 0.3) is 0 Å². The Labute approximate surface area is 98.5 Å². The van der Waals surface area contributed by atoms with Crippen molar-refractivity contribution in [2.24, 2.45) is 10.8 Å². The molecule has 0 bridgehead atoms. The summed E-state index contributed by atoms with van der Waals surface area (Å²) in [7, 11) is 0. The molecule has 0 saturated carbocycles. The fourth-order valence-corrected chi connectivity index (χ4v) is 1.02. The van der Waals surface area contributed by atoms with Gasteiger partial charge in [0.25, 0.3) is 5.91 Å². The Bertz CT molecular complexity index is 321. The van der Waals surface area contributed by atoms with Gasteiger partial charge in [0.15, 0.2) is 0 Å². The van der Waals surface area contributed by atoms with Crippen LogP contribution in [-0.2, 0) is 4.79 Å². The molecule has 0 atom stereocenters. The number of nitrogens with one attached hydrogen (secondary N) is 1. The van der Waals surface area contributed by atoms with Crippen molar-refractivity contribution in [2.45, 2.75) is 41.5 Å². The summed E-state index contributed by atoms with van der Waals surface area (Å²) in [4.78, 5) is 11.7. The van der Waals surface area contributed by atoms with Crippen LogP contribution in [0.3, 0.4) is 0 Å². The van der Waals surface area contributed by atoms with Crippen molar-refractivity contribution in [2.75, 3.05) is 6.54 Å². The summed E-state index contributed by atoms with van der Waals surface area (Å²) in [5.41, 5.74) is 0.0546. The van der Waals surface area contributed by atoms with E-state index in [2.05, 4.69) is 5.32 Å². The zero-order valence-electron chi connectivity index (χ0n) is 11.1. The summed E-state index contributed by atoms with van der Waals surface area (Å²) in [6, 6.07) is 1.94. The van der Waals surface area contributed by atoms with Gasteiger partial charge in [-0.3, -0.25) is 4.79 Å². The maximum atomic E-state index is 11.7. The highest BCUT2D eigenvalue weighted by Crippen LogP contribution is 2.17. The molecule has 0 spiro atoms. The van der Waals surface area contributed by atoms with Crippen LogP contribution >= 0.6 is 0 Å². The standard InChI is InChI=1S/C13H22N2O/c1-12(2,3)7-10(8-14)11(16)15-9-13(4,5)6/h7H,9H2,1-6H3,(H,15,16)/b10-7+. The average Bonchev–Trinajstić information content (AvgIpc) is 2.07. The van der Waals surface area contributed by atoms with Crippen molar-refractivity contribution in [3.8, 4) is 6.07 Å². The van der Waals surface area contributed by atoms with Crippen LogP contribution in [0.1, 0.15) is 41.5 Å². The van der Waals surface area contributed by atoms with Gasteiger partial charge in [0, 0.05) is 6.54 Å². The molecular weight excluding hydrogens is 200 g/mol. The van der Waals surface area contributed by atoms with Crippen LogP contribution in [0.4, 0.5) is 0 Å². The second kappa shape index (κ2) is 5.16. The van der Waals surface area contributed by atoms with E-state index in [0.29, 0.717) is 6.54 Å². The predicted octanol–water partition coefficient (Wildman–Crippen LogP) is 2.64. The summed E-state index contributed by atoms with van der Waals surface area (Å²) in [6.45, 7) is 12.5. The molecule has 16 heavy (non-hydrogen) atoms. The zero-order chi connectivity index (χ0) is 13.0. The minimum Gasteiger partial charge on any atom is -0.351 e. The lowest BCUT2D eigenvalue weighted by molar-refractivity contribution is -0.117. The fraction of sp³-hybridized carbons (Fsp3) is 0.692. The third-order valence-corrected chi connectivity index (χ3v) is 1.72. The Kier molecular flexibility index (Phi) is 4.74. The molecule has 3 heteroatoms. The van der Waals surface area contributed by atoms with Gasteiger partial charge in [0.05, 0.1) is 0 Å². The van der Waals surface area contributed by atoms with Crippen molar-refractivity contribution < 1.29 is 4.79 Å². The molecule has 1 N–H and O–H groups in total. The lowest BCUT2D eigenvalue weighted by atomic mass is 9.93. The third-order valence-electron chi connectivity index (χ3n) is 1.72. The number of nitrogens with zero attached hydrogens (tertiary/aromatic N) is 1. The van der Waals surface area contributed by atoms with Gasteiger partial charge in [0.1, 0.15) is 11.6 Å². The first-order valence-corrected chi connectivity index (χ1v) is 5.46. The Hall–Kier alpha value is -1.30. The maximum Gasteiger partial charge on any atom is 0.261 e. The van der Waals surface area contributed by atoms with E-state index >= 15 is 0 Å². The first kappa shape index (κ1) is 14.7. The Morgan fingerprint density at radius 2 is 1.75 bits per heavy atom. The zero-order valence-corrected chi connectivity index (χ0v) is 11.1. The Morgan fingerprint density at radius 1 is 1.25 bits per heavy atom. The van der Waals surface area contributed by atoms with Crippen LogP contribution in [-0.4, -0.2) is 12.5 Å². The molecule has 0 unspecified atom stereocenters. The molecule has 0 saturated heterocycles. The van der Waals surface area contributed by atoms with Gasteiger partial charge in [-0.2, -0.15) is 5.26 Å². The van der Waals surface area contributed by atoms with E-state index in [-0.39, 0.29) is 22.3 Å². The SMILES string of the molecule is CC(C)(C)/C=C(\C#N)C(=O)NCC(C)(C)C. The average molecular weight is 222 g/mol. The van der Waals surface area contributed by atoms with Crippen LogP contribution < -0.4 is 5.32 Å². The van der Waals surface area contributed by atoms with Gasteiger partial charge in [-0.05, 0) is 10.8 Å². The summed E-state index contributed by atoms with van der Waals surface area (Å²) in [6.07, 6.45) is 1.70. The Balaban J connectivity index is 4.60. The van der Waals surface area contributed by atoms with E-state index in [1.54, 1.807) is 6.08 Å². The van der Waals surface area contributed by atoms with E-state index in [1.807, 2.05) is 47.6 Å². The molecule has 90 valence electrons. The van der Waals surface area contributed by atoms with Crippen molar-refractivity contribution in [3.63, 3.8) is 0 Å². The van der Waals surface area contributed by atoms with Gasteiger partial charge in [-0.15, -0.1) is 0 Å². The highest BCUT2D eigenvalue weighted by atomic mass is 16.1. The summed E-state index contributed by atoms with van der Waals surface area (Å²) < 4.78 is 0. The number of nitriles is 1. The second-order valence-corrected chi connectivity index (χ2v) is 6.28. The molecule has 0 rings (SSSR count). The molecule has 3 nitrogen and oxygen atoms in total. The monoisotopic (exact) mass is 222 g/mol. The lowest BCUT2D eigenvalue weighted by Gasteiger charge is -2.19. The number of amides is 1. The molecule has 0 aromatic heterocycles. The first-order chi connectivity index (χ1) is 7.05.